The van der Waals surface area contributed by atoms with Crippen LogP contribution in [0.25, 0.3) is 11.3 Å². The number of carboxylic acid groups (broad SMARTS) is 1. The predicted octanol–water partition coefficient (Wildman–Crippen LogP) is 3.16. The van der Waals surface area contributed by atoms with Crippen molar-refractivity contribution in [1.82, 2.24) is 9.47 Å². The van der Waals surface area contributed by atoms with Gasteiger partial charge in [-0.3, -0.25) is 0 Å². The maximum Gasteiger partial charge on any atom is 0.410 e. The van der Waals surface area contributed by atoms with E-state index in [1.54, 1.807) is 32.9 Å². The summed E-state index contributed by atoms with van der Waals surface area (Å²) < 4.78 is 23.4. The second kappa shape index (κ2) is 8.34. The van der Waals surface area contributed by atoms with Crippen LogP contribution in [0.3, 0.4) is 0 Å². The molecule has 1 N–H and O–H groups in total. The lowest BCUT2D eigenvalue weighted by Gasteiger charge is -2.32. The number of fused-ring (bicyclic) bond motifs is 2. The lowest BCUT2D eigenvalue weighted by Crippen LogP contribution is -2.41. The van der Waals surface area contributed by atoms with Crippen molar-refractivity contribution in [3.05, 3.63) is 35.0 Å². The average molecular weight is 458 g/mol. The van der Waals surface area contributed by atoms with Crippen molar-refractivity contribution in [2.45, 2.75) is 39.5 Å². The van der Waals surface area contributed by atoms with E-state index in [2.05, 4.69) is 0 Å². The first-order valence-electron chi connectivity index (χ1n) is 10.5. The maximum absolute atomic E-state index is 12.6. The molecule has 1 aromatic heterocycles. The van der Waals surface area contributed by atoms with Crippen LogP contribution in [0.1, 0.15) is 47.2 Å². The molecule has 4 rings (SSSR count). The van der Waals surface area contributed by atoms with Gasteiger partial charge in [0.2, 0.25) is 0 Å². The normalized spacial score (nSPS) is 15.0. The number of carbonyl (C=O) groups is 3. The smallest absolute Gasteiger partial charge is 0.410 e. The van der Waals surface area contributed by atoms with Crippen LogP contribution >= 0.6 is 0 Å². The number of methoxy groups -OCH3 is 1. The van der Waals surface area contributed by atoms with Gasteiger partial charge in [-0.05, 0) is 39.0 Å². The Morgan fingerprint density at radius 3 is 2.27 bits per heavy atom. The molecule has 0 aliphatic carbocycles. The fourth-order valence-corrected chi connectivity index (χ4v) is 3.97. The molecular weight excluding hydrogens is 432 g/mol. The number of hydrogen-bond donors (Lipinski definition) is 1. The molecule has 1 amide bonds. The minimum Gasteiger partial charge on any atom is -0.486 e. The van der Waals surface area contributed by atoms with Crippen molar-refractivity contribution < 1.29 is 38.4 Å². The summed E-state index contributed by atoms with van der Waals surface area (Å²) in [6.45, 7) is 6.82. The summed E-state index contributed by atoms with van der Waals surface area (Å²) in [4.78, 5) is 38.7. The monoisotopic (exact) mass is 458 g/mol. The first-order chi connectivity index (χ1) is 15.6. The van der Waals surface area contributed by atoms with Crippen LogP contribution in [0, 0.1) is 0 Å². The molecule has 3 heterocycles. The van der Waals surface area contributed by atoms with Crippen molar-refractivity contribution in [2.75, 3.05) is 26.9 Å². The van der Waals surface area contributed by atoms with Crippen molar-refractivity contribution >= 4 is 18.0 Å². The van der Waals surface area contributed by atoms with Gasteiger partial charge in [-0.25, -0.2) is 14.4 Å². The zero-order valence-electron chi connectivity index (χ0n) is 19.0. The summed E-state index contributed by atoms with van der Waals surface area (Å²) in [6, 6.07) is 4.64. The average Bonchev–Trinajstić information content (AvgIpc) is 3.15. The molecule has 33 heavy (non-hydrogen) atoms. The van der Waals surface area contributed by atoms with Gasteiger partial charge >= 0.3 is 18.0 Å². The van der Waals surface area contributed by atoms with Gasteiger partial charge in [-0.15, -0.1) is 0 Å². The van der Waals surface area contributed by atoms with Crippen LogP contribution < -0.4 is 9.47 Å². The molecular formula is C23H26N2O8. The fourth-order valence-electron chi connectivity index (χ4n) is 3.97. The number of carbonyl (C=O) groups excluding carboxylic acids is 2. The molecule has 2 aliphatic rings. The topological polar surface area (TPSA) is 117 Å². The third kappa shape index (κ3) is 4.33. The van der Waals surface area contributed by atoms with Gasteiger partial charge in [0, 0.05) is 18.7 Å². The number of carboxylic acids is 1. The highest BCUT2D eigenvalue weighted by Crippen LogP contribution is 2.40. The Balaban J connectivity index is 1.81. The summed E-state index contributed by atoms with van der Waals surface area (Å²) in [6.07, 6.45) is -0.488. The van der Waals surface area contributed by atoms with Gasteiger partial charge in [0.15, 0.2) is 11.5 Å². The molecule has 0 spiro atoms. The van der Waals surface area contributed by atoms with E-state index < -0.39 is 23.6 Å². The molecule has 0 atom stereocenters. The highest BCUT2D eigenvalue weighted by atomic mass is 16.6. The summed E-state index contributed by atoms with van der Waals surface area (Å²) in [7, 11) is 1.27. The zero-order valence-corrected chi connectivity index (χ0v) is 19.0. The van der Waals surface area contributed by atoms with E-state index in [1.807, 2.05) is 4.57 Å². The molecule has 1 aromatic carbocycles. The molecule has 2 aromatic rings. The van der Waals surface area contributed by atoms with Crippen molar-refractivity contribution in [1.29, 1.82) is 0 Å². The van der Waals surface area contributed by atoms with E-state index in [1.165, 1.54) is 18.1 Å². The standard InChI is InChI=1S/C23H26N2O8/c1-23(2,3)33-22(29)24-5-6-25-16(9-15(17(25)12-24)21(28)30-4)13-10-18-19(32-8-7-31-18)11-14(13)20(26)27/h9-11H,5-8,12H2,1-4H3,(H,26,27). The van der Waals surface area contributed by atoms with E-state index in [0.29, 0.717) is 54.8 Å². The van der Waals surface area contributed by atoms with Gasteiger partial charge in [-0.2, -0.15) is 0 Å². The number of esters is 1. The predicted molar refractivity (Wildman–Crippen MR) is 116 cm³/mol. The third-order valence-corrected chi connectivity index (χ3v) is 5.39. The van der Waals surface area contributed by atoms with E-state index in [0.717, 1.165) is 0 Å². The number of aromatic nitrogens is 1. The number of benzene rings is 1. The van der Waals surface area contributed by atoms with Gasteiger partial charge < -0.3 is 33.5 Å². The van der Waals surface area contributed by atoms with Crippen LogP contribution in [0.5, 0.6) is 11.5 Å². The lowest BCUT2D eigenvalue weighted by atomic mass is 10.0. The number of amides is 1. The fraction of sp³-hybridized carbons (Fsp3) is 0.435. The van der Waals surface area contributed by atoms with Crippen LogP contribution in [0.2, 0.25) is 0 Å². The highest BCUT2D eigenvalue weighted by Gasteiger charge is 2.32. The molecule has 10 heteroatoms. The van der Waals surface area contributed by atoms with E-state index in [4.69, 9.17) is 18.9 Å². The minimum absolute atomic E-state index is 0.0190. The highest BCUT2D eigenvalue weighted by molar-refractivity contribution is 5.99. The number of ether oxygens (including phenoxy) is 4. The Morgan fingerprint density at radius 1 is 1.00 bits per heavy atom. The molecule has 0 saturated carbocycles. The Morgan fingerprint density at radius 2 is 1.67 bits per heavy atom. The van der Waals surface area contributed by atoms with Crippen molar-refractivity contribution in [2.24, 2.45) is 0 Å². The molecule has 10 nitrogen and oxygen atoms in total. The Labute approximate surface area is 190 Å². The quantitative estimate of drug-likeness (QED) is 0.697. The largest absolute Gasteiger partial charge is 0.486 e. The number of aromatic carboxylic acids is 1. The second-order valence-electron chi connectivity index (χ2n) is 8.78. The summed E-state index contributed by atoms with van der Waals surface area (Å²) in [5.74, 6) is -0.923. The zero-order chi connectivity index (χ0) is 23.9. The third-order valence-electron chi connectivity index (χ3n) is 5.39. The maximum atomic E-state index is 12.6. The Hall–Kier alpha value is -3.69. The molecule has 0 unspecified atom stereocenters. The lowest BCUT2D eigenvalue weighted by molar-refractivity contribution is 0.0196. The molecule has 0 fully saturated rings. The van der Waals surface area contributed by atoms with Gasteiger partial charge in [-0.1, -0.05) is 0 Å². The van der Waals surface area contributed by atoms with Crippen molar-refractivity contribution in [3.63, 3.8) is 0 Å². The first kappa shape index (κ1) is 22.5. The van der Waals surface area contributed by atoms with Crippen LogP contribution in [-0.4, -0.2) is 65.1 Å². The van der Waals surface area contributed by atoms with E-state index in [9.17, 15) is 19.5 Å². The van der Waals surface area contributed by atoms with Gasteiger partial charge in [0.25, 0.3) is 0 Å². The summed E-state index contributed by atoms with van der Waals surface area (Å²) in [5, 5.41) is 9.85. The molecule has 2 aliphatic heterocycles. The number of hydrogen-bond acceptors (Lipinski definition) is 7. The van der Waals surface area contributed by atoms with Crippen molar-refractivity contribution in [3.8, 4) is 22.8 Å². The second-order valence-corrected chi connectivity index (χ2v) is 8.78. The molecule has 0 bridgehead atoms. The van der Waals surface area contributed by atoms with Gasteiger partial charge in [0.05, 0.1) is 36.2 Å². The molecule has 0 radical (unpaired) electrons. The van der Waals surface area contributed by atoms with E-state index in [-0.39, 0.29) is 17.7 Å². The molecule has 0 saturated heterocycles. The summed E-state index contributed by atoms with van der Waals surface area (Å²) >= 11 is 0. The van der Waals surface area contributed by atoms with Gasteiger partial charge in [0.1, 0.15) is 18.8 Å². The first-order valence-corrected chi connectivity index (χ1v) is 10.5. The Kier molecular flexibility index (Phi) is 5.69. The van der Waals surface area contributed by atoms with Crippen LogP contribution in [0.15, 0.2) is 18.2 Å². The van der Waals surface area contributed by atoms with E-state index >= 15 is 0 Å². The molecule has 176 valence electrons. The number of nitrogens with zero attached hydrogens (tertiary/aromatic N) is 2. The minimum atomic E-state index is -1.14. The van der Waals surface area contributed by atoms with Crippen LogP contribution in [0.4, 0.5) is 4.79 Å². The Bertz CT molecular complexity index is 1130. The SMILES string of the molecule is COC(=O)c1cc(-c2cc3c(cc2C(=O)O)OCCO3)n2c1CN(C(=O)OC(C)(C)C)CC2. The summed E-state index contributed by atoms with van der Waals surface area (Å²) in [5.41, 5.74) is 1.06. The number of rotatable bonds is 3. The van der Waals surface area contributed by atoms with Crippen LogP contribution in [-0.2, 0) is 22.6 Å².